The molecule has 2 nitrogen and oxygen atoms in total. The van der Waals surface area contributed by atoms with Gasteiger partial charge < -0.3 is 4.74 Å². The largest absolute Gasteiger partial charge is 0.475 e. The Hall–Kier alpha value is -0.640. The maximum Gasteiger partial charge on any atom is 0.150 e. The van der Waals surface area contributed by atoms with Crippen molar-refractivity contribution in [1.82, 2.24) is 5.32 Å². The Morgan fingerprint density at radius 2 is 2.35 bits per heavy atom. The molecule has 0 radical (unpaired) electrons. The summed E-state index contributed by atoms with van der Waals surface area (Å²) in [6, 6.07) is 6.08. The number of thiocarbonyl (C=S) groups is 1. The number of nitrogens with one attached hydrogen (secondary N) is 1. The molecule has 2 rings (SSSR count). The van der Waals surface area contributed by atoms with Crippen LogP contribution in [0, 0.1) is 0 Å². The van der Waals surface area contributed by atoms with Crippen LogP contribution in [0.1, 0.15) is 30.9 Å². The van der Waals surface area contributed by atoms with Gasteiger partial charge in [-0.15, -0.1) is 12.4 Å². The molecule has 1 atom stereocenters. The molecule has 1 N–H and O–H groups in total. The monoisotopic (exact) mass is 271 g/mol. The Balaban J connectivity index is 0.00000144. The van der Waals surface area contributed by atoms with Crippen molar-refractivity contribution in [2.24, 2.45) is 0 Å². The molecule has 1 aliphatic heterocycles. The standard InChI is InChI=1S/C13H17NOS.ClH/c1-2-8-14-13-7-6-11-10(9-16)4-3-5-12(11)15-13;/h3-5,9,13-14H,2,6-8H2,1H3;1H. The SMILES string of the molecule is CCCNC1CCc2c(C=S)cccc2O1.Cl. The van der Waals surface area contributed by atoms with Crippen LogP contribution < -0.4 is 10.1 Å². The maximum atomic E-state index is 5.90. The summed E-state index contributed by atoms with van der Waals surface area (Å²) in [7, 11) is 0. The van der Waals surface area contributed by atoms with Crippen LogP contribution in [-0.2, 0) is 6.42 Å². The molecule has 1 aliphatic rings. The summed E-state index contributed by atoms with van der Waals surface area (Å²) in [6.45, 7) is 3.17. The molecule has 0 saturated heterocycles. The zero-order valence-corrected chi connectivity index (χ0v) is 11.6. The number of halogens is 1. The fraction of sp³-hybridized carbons (Fsp3) is 0.462. The lowest BCUT2D eigenvalue weighted by atomic mass is 10.00. The lowest BCUT2D eigenvalue weighted by Crippen LogP contribution is -2.37. The van der Waals surface area contributed by atoms with E-state index in [-0.39, 0.29) is 18.6 Å². The average Bonchev–Trinajstić information content (AvgIpc) is 2.35. The van der Waals surface area contributed by atoms with Crippen LogP contribution in [0.3, 0.4) is 0 Å². The highest BCUT2D eigenvalue weighted by molar-refractivity contribution is 7.79. The second-order valence-corrected chi connectivity index (χ2v) is 4.28. The minimum absolute atomic E-state index is 0. The second-order valence-electron chi connectivity index (χ2n) is 4.04. The van der Waals surface area contributed by atoms with E-state index in [1.165, 1.54) is 5.56 Å². The van der Waals surface area contributed by atoms with Crippen LogP contribution in [0.2, 0.25) is 0 Å². The summed E-state index contributed by atoms with van der Waals surface area (Å²) in [5.74, 6) is 0.985. The predicted octanol–water partition coefficient (Wildman–Crippen LogP) is 3.11. The third-order valence-electron chi connectivity index (χ3n) is 2.84. The molecule has 0 aliphatic carbocycles. The molecular formula is C13H18ClNOS. The van der Waals surface area contributed by atoms with Gasteiger partial charge in [0.1, 0.15) is 5.75 Å². The van der Waals surface area contributed by atoms with E-state index < -0.39 is 0 Å². The zero-order chi connectivity index (χ0) is 11.4. The summed E-state index contributed by atoms with van der Waals surface area (Å²) in [4.78, 5) is 0. The van der Waals surface area contributed by atoms with Crippen molar-refractivity contribution in [1.29, 1.82) is 0 Å². The van der Waals surface area contributed by atoms with E-state index >= 15 is 0 Å². The summed E-state index contributed by atoms with van der Waals surface area (Å²) in [5.41, 5.74) is 2.38. The van der Waals surface area contributed by atoms with E-state index in [2.05, 4.69) is 18.3 Å². The molecule has 0 aromatic heterocycles. The number of hydrogen-bond acceptors (Lipinski definition) is 3. The molecule has 1 aromatic carbocycles. The smallest absolute Gasteiger partial charge is 0.150 e. The van der Waals surface area contributed by atoms with E-state index in [4.69, 9.17) is 17.0 Å². The minimum Gasteiger partial charge on any atom is -0.475 e. The minimum atomic E-state index is 0. The van der Waals surface area contributed by atoms with Gasteiger partial charge in [-0.25, -0.2) is 0 Å². The first-order valence-corrected chi connectivity index (χ1v) is 6.29. The van der Waals surface area contributed by atoms with E-state index in [1.54, 1.807) is 5.37 Å². The summed E-state index contributed by atoms with van der Waals surface area (Å²) in [6.07, 6.45) is 3.35. The lowest BCUT2D eigenvalue weighted by molar-refractivity contribution is 0.138. The maximum absolute atomic E-state index is 5.90. The van der Waals surface area contributed by atoms with Crippen molar-refractivity contribution in [3.8, 4) is 5.75 Å². The quantitative estimate of drug-likeness (QED) is 0.851. The van der Waals surface area contributed by atoms with E-state index in [9.17, 15) is 0 Å². The molecule has 0 spiro atoms. The van der Waals surface area contributed by atoms with Crippen LogP contribution in [-0.4, -0.2) is 18.1 Å². The Labute approximate surface area is 114 Å². The molecule has 0 saturated carbocycles. The van der Waals surface area contributed by atoms with Crippen LogP contribution >= 0.6 is 24.6 Å². The summed E-state index contributed by atoms with van der Waals surface area (Å²) >= 11 is 5.01. The van der Waals surface area contributed by atoms with E-state index in [0.29, 0.717) is 0 Å². The third-order valence-corrected chi connectivity index (χ3v) is 3.10. The summed E-state index contributed by atoms with van der Waals surface area (Å²) < 4.78 is 5.90. The van der Waals surface area contributed by atoms with Crippen molar-refractivity contribution >= 4 is 30.0 Å². The third kappa shape index (κ3) is 3.41. The molecule has 94 valence electrons. The lowest BCUT2D eigenvalue weighted by Gasteiger charge is -2.27. The van der Waals surface area contributed by atoms with Crippen LogP contribution in [0.25, 0.3) is 0 Å². The van der Waals surface area contributed by atoms with Crippen molar-refractivity contribution in [2.45, 2.75) is 32.4 Å². The first-order chi connectivity index (χ1) is 7.85. The van der Waals surface area contributed by atoms with Crippen LogP contribution in [0.15, 0.2) is 18.2 Å². The van der Waals surface area contributed by atoms with Gasteiger partial charge in [0.2, 0.25) is 0 Å². The molecule has 0 fully saturated rings. The average molecular weight is 272 g/mol. The van der Waals surface area contributed by atoms with Gasteiger partial charge in [0.25, 0.3) is 0 Å². The van der Waals surface area contributed by atoms with Crippen molar-refractivity contribution in [2.75, 3.05) is 6.54 Å². The molecular weight excluding hydrogens is 254 g/mol. The highest BCUT2D eigenvalue weighted by atomic mass is 35.5. The number of rotatable bonds is 4. The van der Waals surface area contributed by atoms with Crippen LogP contribution in [0.4, 0.5) is 0 Å². The molecule has 1 heterocycles. The van der Waals surface area contributed by atoms with E-state index in [0.717, 1.165) is 37.1 Å². The predicted molar refractivity (Wildman–Crippen MR) is 77.5 cm³/mol. The van der Waals surface area contributed by atoms with E-state index in [1.807, 2.05) is 12.1 Å². The Morgan fingerprint density at radius 1 is 1.53 bits per heavy atom. The first-order valence-electron chi connectivity index (χ1n) is 5.82. The molecule has 0 amide bonds. The Bertz CT molecular complexity index is 384. The molecule has 17 heavy (non-hydrogen) atoms. The van der Waals surface area contributed by atoms with Crippen molar-refractivity contribution in [3.05, 3.63) is 29.3 Å². The van der Waals surface area contributed by atoms with Gasteiger partial charge in [-0.3, -0.25) is 5.32 Å². The summed E-state index contributed by atoms with van der Waals surface area (Å²) in [5, 5.41) is 5.13. The number of ether oxygens (including phenoxy) is 1. The van der Waals surface area contributed by atoms with Gasteiger partial charge in [0, 0.05) is 17.4 Å². The number of hydrogen-bond donors (Lipinski definition) is 1. The van der Waals surface area contributed by atoms with Gasteiger partial charge in [-0.2, -0.15) is 0 Å². The fourth-order valence-corrected chi connectivity index (χ4v) is 2.23. The highest BCUT2D eigenvalue weighted by Gasteiger charge is 2.20. The van der Waals surface area contributed by atoms with Crippen molar-refractivity contribution < 1.29 is 4.74 Å². The topological polar surface area (TPSA) is 21.3 Å². The highest BCUT2D eigenvalue weighted by Crippen LogP contribution is 2.28. The fourth-order valence-electron chi connectivity index (χ4n) is 2.01. The van der Waals surface area contributed by atoms with Crippen LogP contribution in [0.5, 0.6) is 5.75 Å². The second kappa shape index (κ2) is 6.94. The number of fused-ring (bicyclic) bond motifs is 1. The molecule has 0 bridgehead atoms. The normalized spacial score (nSPS) is 17.6. The number of benzene rings is 1. The van der Waals surface area contributed by atoms with Gasteiger partial charge >= 0.3 is 0 Å². The first kappa shape index (κ1) is 14.4. The molecule has 1 aromatic rings. The molecule has 4 heteroatoms. The Kier molecular flexibility index (Phi) is 5.89. The van der Waals surface area contributed by atoms with Gasteiger partial charge in [-0.05, 0) is 31.0 Å². The van der Waals surface area contributed by atoms with Crippen molar-refractivity contribution in [3.63, 3.8) is 0 Å². The van der Waals surface area contributed by atoms with Gasteiger partial charge in [-0.1, -0.05) is 31.3 Å². The Morgan fingerprint density at radius 3 is 3.06 bits per heavy atom. The molecule has 1 unspecified atom stereocenters. The van der Waals surface area contributed by atoms with Gasteiger partial charge in [0.15, 0.2) is 6.23 Å². The van der Waals surface area contributed by atoms with Gasteiger partial charge in [0.05, 0.1) is 0 Å². The zero-order valence-electron chi connectivity index (χ0n) is 9.94.